The maximum Gasteiger partial charge on any atom is 0.255 e. The average molecular weight is 378 g/mol. The van der Waals surface area contributed by atoms with Crippen molar-refractivity contribution in [2.45, 2.75) is 18.8 Å². The minimum atomic E-state index is -0.0166. The van der Waals surface area contributed by atoms with Crippen LogP contribution < -0.4 is 15.0 Å². The number of rotatable bonds is 4. The van der Waals surface area contributed by atoms with E-state index in [4.69, 9.17) is 9.47 Å². The third-order valence-corrected chi connectivity index (χ3v) is 5.73. The highest BCUT2D eigenvalue weighted by molar-refractivity contribution is 5.71. The molecule has 0 N–H and O–H groups in total. The number of benzene rings is 1. The van der Waals surface area contributed by atoms with Crippen molar-refractivity contribution in [2.75, 3.05) is 34.4 Å². The molecule has 28 heavy (non-hydrogen) atoms. The molecule has 3 aromatic rings. The molecule has 146 valence electrons. The predicted molar refractivity (Wildman–Crippen MR) is 112 cm³/mol. The summed E-state index contributed by atoms with van der Waals surface area (Å²) >= 11 is 0. The summed E-state index contributed by atoms with van der Waals surface area (Å²) < 4.78 is 12.5. The number of hydrogen-bond donors (Lipinski definition) is 0. The van der Waals surface area contributed by atoms with Crippen LogP contribution in [-0.4, -0.2) is 43.7 Å². The van der Waals surface area contributed by atoms with Crippen LogP contribution in [0.5, 0.6) is 11.5 Å². The van der Waals surface area contributed by atoms with E-state index in [9.17, 15) is 4.79 Å². The van der Waals surface area contributed by atoms with Crippen molar-refractivity contribution in [1.82, 2.24) is 9.30 Å². The second-order valence-electron chi connectivity index (χ2n) is 7.49. The minimum absolute atomic E-state index is 0.0166. The molecule has 1 fully saturated rings. The minimum Gasteiger partial charge on any atom is -0.493 e. The Bertz CT molecular complexity index is 1050. The fraction of sp³-hybridized carbons (Fsp3) is 0.348. The number of pyridine rings is 2. The Labute approximate surface area is 165 Å². The first-order chi connectivity index (χ1) is 13.6. The van der Waals surface area contributed by atoms with Gasteiger partial charge in [0, 0.05) is 17.8 Å². The summed E-state index contributed by atoms with van der Waals surface area (Å²) in [6, 6.07) is 13.7. The third kappa shape index (κ3) is 3.50. The summed E-state index contributed by atoms with van der Waals surface area (Å²) in [4.78, 5) is 15.2. The van der Waals surface area contributed by atoms with E-state index < -0.39 is 0 Å². The van der Waals surface area contributed by atoms with E-state index in [0.717, 1.165) is 42.6 Å². The molecular weight excluding hydrogens is 352 g/mol. The first-order valence-electron chi connectivity index (χ1n) is 9.66. The van der Waals surface area contributed by atoms with Gasteiger partial charge in [-0.3, -0.25) is 9.20 Å². The molecule has 0 radical (unpaired) electrons. The molecule has 0 saturated carbocycles. The molecule has 1 aliphatic rings. The number of nitrogens with zero attached hydrogens (tertiary/aromatic N) is 2. The van der Waals surface area contributed by atoms with E-state index in [-0.39, 0.29) is 5.56 Å². The van der Waals surface area contributed by atoms with Crippen molar-refractivity contribution in [3.8, 4) is 22.6 Å². The molecule has 0 spiro atoms. The molecular formula is C23H26N2O3. The number of aromatic nitrogens is 1. The second-order valence-corrected chi connectivity index (χ2v) is 7.49. The van der Waals surface area contributed by atoms with Crippen molar-refractivity contribution < 1.29 is 9.47 Å². The van der Waals surface area contributed by atoms with Crippen LogP contribution in [0.3, 0.4) is 0 Å². The number of ether oxygens (including phenoxy) is 2. The molecule has 4 rings (SSSR count). The maximum absolute atomic E-state index is 12.8. The van der Waals surface area contributed by atoms with Gasteiger partial charge in [-0.05, 0) is 79.9 Å². The number of hydrogen-bond acceptors (Lipinski definition) is 4. The Hall–Kier alpha value is -2.79. The quantitative estimate of drug-likeness (QED) is 0.693. The summed E-state index contributed by atoms with van der Waals surface area (Å²) in [5.74, 6) is 1.85. The zero-order chi connectivity index (χ0) is 19.7. The number of likely N-dealkylation sites (tertiary alicyclic amines) is 1. The lowest BCUT2D eigenvalue weighted by molar-refractivity contribution is 0.255. The van der Waals surface area contributed by atoms with Gasteiger partial charge < -0.3 is 14.4 Å². The highest BCUT2D eigenvalue weighted by Gasteiger charge is 2.19. The highest BCUT2D eigenvalue weighted by Crippen LogP contribution is 2.32. The van der Waals surface area contributed by atoms with E-state index in [1.165, 1.54) is 5.56 Å². The molecule has 0 atom stereocenters. The molecule has 0 aliphatic carbocycles. The molecule has 0 amide bonds. The monoisotopic (exact) mass is 378 g/mol. The zero-order valence-corrected chi connectivity index (χ0v) is 16.6. The lowest BCUT2D eigenvalue weighted by Crippen LogP contribution is -2.29. The van der Waals surface area contributed by atoms with Gasteiger partial charge in [0.2, 0.25) is 0 Å². The smallest absolute Gasteiger partial charge is 0.255 e. The summed E-state index contributed by atoms with van der Waals surface area (Å²) in [6.45, 7) is 2.21. The number of methoxy groups -OCH3 is 2. The fourth-order valence-corrected chi connectivity index (χ4v) is 4.01. The van der Waals surface area contributed by atoms with Gasteiger partial charge in [0.15, 0.2) is 11.5 Å². The average Bonchev–Trinajstić information content (AvgIpc) is 2.73. The molecule has 1 aromatic carbocycles. The van der Waals surface area contributed by atoms with Crippen LogP contribution in [0.1, 0.15) is 24.3 Å². The van der Waals surface area contributed by atoms with Gasteiger partial charge in [0.25, 0.3) is 5.56 Å². The van der Waals surface area contributed by atoms with Crippen LogP contribution in [0.4, 0.5) is 0 Å². The SMILES string of the molecule is COc1ccc(-c2cc(=O)n3cc(C4CCN(C)CC4)ccc3c2)cc1OC. The Morgan fingerprint density at radius 1 is 0.893 bits per heavy atom. The van der Waals surface area contributed by atoms with Gasteiger partial charge in [0.1, 0.15) is 0 Å². The van der Waals surface area contributed by atoms with E-state index >= 15 is 0 Å². The standard InChI is InChI=1S/C23H26N2O3/c1-24-10-8-16(9-11-24)18-4-6-20-12-19(14-23(26)25(20)15-18)17-5-7-21(27-2)22(13-17)28-3/h4-7,12-16H,8-11H2,1-3H3. The molecule has 0 bridgehead atoms. The molecule has 5 nitrogen and oxygen atoms in total. The second kappa shape index (κ2) is 7.68. The van der Waals surface area contributed by atoms with Gasteiger partial charge in [-0.15, -0.1) is 0 Å². The van der Waals surface area contributed by atoms with Gasteiger partial charge >= 0.3 is 0 Å². The summed E-state index contributed by atoms with van der Waals surface area (Å²) in [5, 5.41) is 0. The van der Waals surface area contributed by atoms with Crippen molar-refractivity contribution in [2.24, 2.45) is 0 Å². The van der Waals surface area contributed by atoms with Crippen molar-refractivity contribution >= 4 is 5.52 Å². The highest BCUT2D eigenvalue weighted by atomic mass is 16.5. The molecule has 5 heteroatoms. The van der Waals surface area contributed by atoms with Crippen LogP contribution in [-0.2, 0) is 0 Å². The molecule has 2 aromatic heterocycles. The van der Waals surface area contributed by atoms with Crippen molar-refractivity contribution in [3.63, 3.8) is 0 Å². The summed E-state index contributed by atoms with van der Waals surface area (Å²) in [7, 11) is 5.39. The summed E-state index contributed by atoms with van der Waals surface area (Å²) in [6.07, 6.45) is 4.30. The first kappa shape index (κ1) is 18.6. The fourth-order valence-electron chi connectivity index (χ4n) is 4.01. The lowest BCUT2D eigenvalue weighted by Gasteiger charge is -2.29. The first-order valence-corrected chi connectivity index (χ1v) is 9.66. The van der Waals surface area contributed by atoms with E-state index in [0.29, 0.717) is 17.4 Å². The lowest BCUT2D eigenvalue weighted by atomic mass is 9.90. The Morgan fingerprint density at radius 3 is 2.36 bits per heavy atom. The van der Waals surface area contributed by atoms with Crippen LogP contribution in [0, 0.1) is 0 Å². The van der Waals surface area contributed by atoms with Gasteiger partial charge in [-0.25, -0.2) is 0 Å². The Morgan fingerprint density at radius 2 is 1.64 bits per heavy atom. The van der Waals surface area contributed by atoms with Crippen molar-refractivity contribution in [1.29, 1.82) is 0 Å². The van der Waals surface area contributed by atoms with Crippen molar-refractivity contribution in [3.05, 3.63) is 64.6 Å². The Balaban J connectivity index is 1.71. The number of fused-ring (bicyclic) bond motifs is 1. The molecule has 3 heterocycles. The normalized spacial score (nSPS) is 15.7. The van der Waals surface area contributed by atoms with E-state index in [1.54, 1.807) is 24.7 Å². The van der Waals surface area contributed by atoms with Gasteiger partial charge in [-0.1, -0.05) is 12.1 Å². The molecule has 1 saturated heterocycles. The zero-order valence-electron chi connectivity index (χ0n) is 16.6. The summed E-state index contributed by atoms with van der Waals surface area (Å²) in [5.41, 5.74) is 3.93. The number of piperidine rings is 1. The third-order valence-electron chi connectivity index (χ3n) is 5.73. The Kier molecular flexibility index (Phi) is 5.09. The molecule has 1 aliphatic heterocycles. The van der Waals surface area contributed by atoms with E-state index in [1.807, 2.05) is 30.5 Å². The van der Waals surface area contributed by atoms with Crippen LogP contribution in [0.2, 0.25) is 0 Å². The molecule has 0 unspecified atom stereocenters. The van der Waals surface area contributed by atoms with Crippen LogP contribution in [0.15, 0.2) is 53.5 Å². The topological polar surface area (TPSA) is 43.2 Å². The van der Waals surface area contributed by atoms with Crippen LogP contribution in [0.25, 0.3) is 16.6 Å². The maximum atomic E-state index is 12.8. The van der Waals surface area contributed by atoms with Gasteiger partial charge in [-0.2, -0.15) is 0 Å². The predicted octanol–water partition coefficient (Wildman–Crippen LogP) is 3.79. The van der Waals surface area contributed by atoms with Gasteiger partial charge in [0.05, 0.1) is 14.2 Å². The largest absolute Gasteiger partial charge is 0.493 e. The van der Waals surface area contributed by atoms with Crippen LogP contribution >= 0.6 is 0 Å². The van der Waals surface area contributed by atoms with E-state index in [2.05, 4.69) is 24.1 Å².